The molecule has 1 aromatic heterocycles. The lowest BCUT2D eigenvalue weighted by Gasteiger charge is -2.21. The number of benzene rings is 8. The van der Waals surface area contributed by atoms with Crippen molar-refractivity contribution >= 4 is 54.3 Å². The van der Waals surface area contributed by atoms with Crippen molar-refractivity contribution in [2.24, 2.45) is 0 Å². The van der Waals surface area contributed by atoms with E-state index in [1.807, 2.05) is 0 Å². The Morgan fingerprint density at radius 2 is 0.927 bits per heavy atom. The van der Waals surface area contributed by atoms with Gasteiger partial charge in [-0.2, -0.15) is 0 Å². The first-order valence-electron chi connectivity index (χ1n) is 14.1. The van der Waals surface area contributed by atoms with Crippen LogP contribution in [0.3, 0.4) is 0 Å². The summed E-state index contributed by atoms with van der Waals surface area (Å²) in [5, 5.41) is 9.87. The van der Waals surface area contributed by atoms with Crippen LogP contribution in [0.2, 0.25) is 0 Å². The van der Waals surface area contributed by atoms with Crippen molar-refractivity contribution in [1.82, 2.24) is 0 Å². The molecule has 1 nitrogen and oxygen atoms in total. The topological polar surface area (TPSA) is 13.1 Å². The van der Waals surface area contributed by atoms with E-state index in [0.29, 0.717) is 0 Å². The van der Waals surface area contributed by atoms with Gasteiger partial charge in [0.1, 0.15) is 11.2 Å². The van der Waals surface area contributed by atoms with Gasteiger partial charge in [0.25, 0.3) is 0 Å². The molecule has 0 radical (unpaired) electrons. The molecule has 0 fully saturated rings. The minimum atomic E-state index is 0.934. The average Bonchev–Trinajstić information content (AvgIpc) is 3.42. The first-order valence-corrected chi connectivity index (χ1v) is 14.1. The zero-order chi connectivity index (χ0) is 26.9. The van der Waals surface area contributed by atoms with Gasteiger partial charge in [-0.1, -0.05) is 133 Å². The Bertz CT molecular complexity index is 2340. The lowest BCUT2D eigenvalue weighted by molar-refractivity contribution is 0.669. The molecule has 190 valence electrons. The summed E-state index contributed by atoms with van der Waals surface area (Å²) in [7, 11) is 0. The van der Waals surface area contributed by atoms with Crippen LogP contribution in [0.25, 0.3) is 87.6 Å². The molecule has 0 saturated heterocycles. The lowest BCUT2D eigenvalue weighted by Crippen LogP contribution is -1.94. The van der Waals surface area contributed by atoms with Crippen molar-refractivity contribution in [1.29, 1.82) is 0 Å². The highest BCUT2D eigenvalue weighted by atomic mass is 16.3. The molecule has 41 heavy (non-hydrogen) atoms. The van der Waals surface area contributed by atoms with Gasteiger partial charge < -0.3 is 4.42 Å². The number of hydrogen-bond acceptors (Lipinski definition) is 1. The zero-order valence-electron chi connectivity index (χ0n) is 22.3. The monoisotopic (exact) mass is 520 g/mol. The van der Waals surface area contributed by atoms with Crippen LogP contribution in [-0.4, -0.2) is 0 Å². The maximum Gasteiger partial charge on any atom is 0.136 e. The van der Waals surface area contributed by atoms with E-state index in [4.69, 9.17) is 4.42 Å². The predicted octanol–water partition coefficient (Wildman–Crippen LogP) is 11.5. The van der Waals surface area contributed by atoms with Gasteiger partial charge >= 0.3 is 0 Å². The van der Waals surface area contributed by atoms with E-state index in [2.05, 4.69) is 146 Å². The van der Waals surface area contributed by atoms with Crippen LogP contribution in [0.4, 0.5) is 0 Å². The van der Waals surface area contributed by atoms with Crippen LogP contribution < -0.4 is 0 Å². The lowest BCUT2D eigenvalue weighted by atomic mass is 9.81. The molecule has 9 aromatic rings. The Kier molecular flexibility index (Phi) is 4.67. The van der Waals surface area contributed by atoms with Crippen molar-refractivity contribution in [3.05, 3.63) is 146 Å². The Balaban J connectivity index is 1.54. The van der Waals surface area contributed by atoms with Crippen molar-refractivity contribution in [2.45, 2.75) is 0 Å². The van der Waals surface area contributed by atoms with E-state index >= 15 is 0 Å². The van der Waals surface area contributed by atoms with Gasteiger partial charge in [-0.15, -0.1) is 0 Å². The summed E-state index contributed by atoms with van der Waals surface area (Å²) in [6.45, 7) is 0. The third kappa shape index (κ3) is 3.18. The second kappa shape index (κ2) is 8.55. The van der Waals surface area contributed by atoms with Gasteiger partial charge in [0, 0.05) is 10.8 Å². The molecule has 1 heteroatoms. The molecule has 9 rings (SSSR count). The molecule has 0 aliphatic carbocycles. The van der Waals surface area contributed by atoms with Gasteiger partial charge in [0.2, 0.25) is 0 Å². The molecular formula is C40H24O. The van der Waals surface area contributed by atoms with Crippen molar-refractivity contribution in [2.75, 3.05) is 0 Å². The third-order valence-electron chi connectivity index (χ3n) is 8.62. The van der Waals surface area contributed by atoms with Crippen LogP contribution in [-0.2, 0) is 0 Å². The maximum atomic E-state index is 6.52. The molecule has 0 N–H and O–H groups in total. The summed E-state index contributed by atoms with van der Waals surface area (Å²) in [6, 6.07) is 52.5. The number of rotatable bonds is 3. The summed E-state index contributed by atoms with van der Waals surface area (Å²) in [4.78, 5) is 0. The van der Waals surface area contributed by atoms with E-state index in [0.717, 1.165) is 11.2 Å². The quantitative estimate of drug-likeness (QED) is 0.167. The largest absolute Gasteiger partial charge is 0.456 e. The van der Waals surface area contributed by atoms with Gasteiger partial charge in [-0.3, -0.25) is 0 Å². The van der Waals surface area contributed by atoms with E-state index in [1.54, 1.807) is 0 Å². The molecule has 0 saturated carbocycles. The number of furan rings is 1. The highest BCUT2D eigenvalue weighted by molar-refractivity contribution is 6.30. The molecule has 8 aromatic carbocycles. The summed E-state index contributed by atoms with van der Waals surface area (Å²) in [5.41, 5.74) is 9.27. The standard InChI is InChI=1S/C40H24O/c1-3-12-25(13-4-1)33-24-35-40-32(23-22-27-16-11-21-34(41-35)37(27)40)39(33)38-30-19-9-7-17-28(30)36(26-14-5-2-6-15-26)29-18-8-10-20-31(29)38/h1-24H. The number of fused-ring (bicyclic) bond motifs is 2. The van der Waals surface area contributed by atoms with Crippen LogP contribution in [0.15, 0.2) is 150 Å². The van der Waals surface area contributed by atoms with Crippen LogP contribution in [0.5, 0.6) is 0 Å². The summed E-state index contributed by atoms with van der Waals surface area (Å²) >= 11 is 0. The van der Waals surface area contributed by atoms with Crippen molar-refractivity contribution in [3.8, 4) is 33.4 Å². The molecule has 1 heterocycles. The minimum Gasteiger partial charge on any atom is -0.456 e. The second-order valence-electron chi connectivity index (χ2n) is 10.8. The van der Waals surface area contributed by atoms with Crippen LogP contribution >= 0.6 is 0 Å². The number of hydrogen-bond donors (Lipinski definition) is 0. The highest BCUT2D eigenvalue weighted by Gasteiger charge is 2.24. The van der Waals surface area contributed by atoms with Crippen molar-refractivity contribution in [3.63, 3.8) is 0 Å². The Hall–Kier alpha value is -5.40. The zero-order valence-corrected chi connectivity index (χ0v) is 22.3. The maximum absolute atomic E-state index is 6.52. The Labute approximate surface area is 237 Å². The molecule has 0 bridgehead atoms. The molecule has 0 spiro atoms. The predicted molar refractivity (Wildman–Crippen MR) is 174 cm³/mol. The van der Waals surface area contributed by atoms with E-state index < -0.39 is 0 Å². The minimum absolute atomic E-state index is 0.934. The van der Waals surface area contributed by atoms with Gasteiger partial charge in [-0.05, 0) is 77.8 Å². The van der Waals surface area contributed by atoms with Gasteiger partial charge in [0.05, 0.1) is 0 Å². The van der Waals surface area contributed by atoms with Crippen LogP contribution in [0.1, 0.15) is 0 Å². The van der Waals surface area contributed by atoms with E-state index in [9.17, 15) is 0 Å². The Morgan fingerprint density at radius 3 is 1.59 bits per heavy atom. The molecule has 0 amide bonds. The fourth-order valence-electron chi connectivity index (χ4n) is 6.94. The van der Waals surface area contributed by atoms with Crippen molar-refractivity contribution < 1.29 is 4.42 Å². The molecule has 0 aliphatic rings. The summed E-state index contributed by atoms with van der Waals surface area (Å²) in [5.74, 6) is 0. The van der Waals surface area contributed by atoms with E-state index in [1.165, 1.54) is 76.5 Å². The first kappa shape index (κ1) is 22.4. The van der Waals surface area contributed by atoms with E-state index in [-0.39, 0.29) is 0 Å². The molecule has 0 aliphatic heterocycles. The summed E-state index contributed by atoms with van der Waals surface area (Å²) < 4.78 is 6.52. The summed E-state index contributed by atoms with van der Waals surface area (Å²) in [6.07, 6.45) is 0. The normalized spacial score (nSPS) is 11.9. The molecule has 0 unspecified atom stereocenters. The average molecular weight is 521 g/mol. The fraction of sp³-hybridized carbons (Fsp3) is 0. The fourth-order valence-corrected chi connectivity index (χ4v) is 6.94. The molecule has 0 atom stereocenters. The van der Waals surface area contributed by atoms with Gasteiger partial charge in [0.15, 0.2) is 0 Å². The molecular weight excluding hydrogens is 496 g/mol. The van der Waals surface area contributed by atoms with Gasteiger partial charge in [-0.25, -0.2) is 0 Å². The smallest absolute Gasteiger partial charge is 0.136 e. The second-order valence-corrected chi connectivity index (χ2v) is 10.8. The third-order valence-corrected chi connectivity index (χ3v) is 8.62. The SMILES string of the molecule is c1ccc(-c2cc3oc4cccc5ccc(c2-c2c6ccccc6c(-c6ccccc6)c6ccccc26)c3c54)cc1. The first-order chi connectivity index (χ1) is 20.4. The Morgan fingerprint density at radius 1 is 0.341 bits per heavy atom. The van der Waals surface area contributed by atoms with Crippen LogP contribution in [0, 0.1) is 0 Å². The highest BCUT2D eigenvalue weighted by Crippen LogP contribution is 2.51.